The van der Waals surface area contributed by atoms with Gasteiger partial charge in [-0.1, -0.05) is 0 Å². The van der Waals surface area contributed by atoms with Crippen LogP contribution in [0.4, 0.5) is 0 Å². The van der Waals surface area contributed by atoms with Crippen LogP contribution in [-0.2, 0) is 4.74 Å². The van der Waals surface area contributed by atoms with Crippen LogP contribution in [0.5, 0.6) is 0 Å². The summed E-state index contributed by atoms with van der Waals surface area (Å²) in [5.74, 6) is 0.359. The molecule has 4 N–H and O–H groups in total. The summed E-state index contributed by atoms with van der Waals surface area (Å²) in [6, 6.07) is -0.0671. The Morgan fingerprint density at radius 3 is 3.30 bits per heavy atom. The van der Waals surface area contributed by atoms with E-state index in [-0.39, 0.29) is 6.04 Å². The lowest BCUT2D eigenvalue weighted by Gasteiger charge is -2.21. The monoisotopic (exact) mass is 143 g/mol. The third kappa shape index (κ3) is 0.676. The van der Waals surface area contributed by atoms with Gasteiger partial charge in [-0.05, 0) is 0 Å². The van der Waals surface area contributed by atoms with Crippen molar-refractivity contribution in [3.63, 3.8) is 0 Å². The van der Waals surface area contributed by atoms with Crippen LogP contribution >= 0.6 is 0 Å². The fraction of sp³-hybridized carbons (Fsp3) is 0.800. The van der Waals surface area contributed by atoms with Crippen molar-refractivity contribution in [2.24, 2.45) is 10.7 Å². The summed E-state index contributed by atoms with van der Waals surface area (Å²) in [5, 5.41) is 12.1. The smallest absolute Gasteiger partial charge is 0.191 e. The molecule has 5 heteroatoms. The Hall–Kier alpha value is -0.810. The fourth-order valence-corrected chi connectivity index (χ4v) is 1.20. The second kappa shape index (κ2) is 1.83. The van der Waals surface area contributed by atoms with Gasteiger partial charge < -0.3 is 20.9 Å². The largest absolute Gasteiger partial charge is 0.386 e. The number of nitrogens with one attached hydrogen (secondary N) is 1. The van der Waals surface area contributed by atoms with Crippen LogP contribution in [0.1, 0.15) is 0 Å². The number of hydrogen-bond acceptors (Lipinski definition) is 5. The third-order valence-electron chi connectivity index (χ3n) is 1.75. The Morgan fingerprint density at radius 1 is 1.80 bits per heavy atom. The van der Waals surface area contributed by atoms with Crippen molar-refractivity contribution in [1.29, 1.82) is 0 Å². The molecule has 0 aromatic rings. The van der Waals surface area contributed by atoms with Crippen molar-refractivity contribution in [2.75, 3.05) is 6.61 Å². The zero-order valence-electron chi connectivity index (χ0n) is 5.32. The van der Waals surface area contributed by atoms with E-state index in [1.807, 2.05) is 0 Å². The Bertz CT molecular complexity index is 182. The van der Waals surface area contributed by atoms with Crippen molar-refractivity contribution in [3.8, 4) is 0 Å². The second-order valence-electron chi connectivity index (χ2n) is 2.48. The second-order valence-corrected chi connectivity index (χ2v) is 2.48. The molecule has 0 spiro atoms. The predicted molar refractivity (Wildman–Crippen MR) is 34.3 cm³/mol. The molecule has 2 bridgehead atoms. The van der Waals surface area contributed by atoms with Gasteiger partial charge in [-0.15, -0.1) is 0 Å². The Kier molecular flexibility index (Phi) is 1.09. The van der Waals surface area contributed by atoms with E-state index < -0.39 is 12.3 Å². The van der Waals surface area contributed by atoms with E-state index in [0.717, 1.165) is 0 Å². The molecule has 0 aromatic heterocycles. The molecular formula is C5H9N3O2. The molecule has 56 valence electrons. The summed E-state index contributed by atoms with van der Waals surface area (Å²) in [6.45, 7) is 0.482. The van der Waals surface area contributed by atoms with Crippen LogP contribution in [0, 0.1) is 0 Å². The SMILES string of the molecule is NC1=NC2OCC(N1)C2O. The van der Waals surface area contributed by atoms with Crippen molar-refractivity contribution in [3.05, 3.63) is 0 Å². The summed E-state index contributed by atoms with van der Waals surface area (Å²) in [5.41, 5.74) is 5.37. The van der Waals surface area contributed by atoms with Crippen LogP contribution in [0.15, 0.2) is 4.99 Å². The van der Waals surface area contributed by atoms with Gasteiger partial charge in [0.25, 0.3) is 0 Å². The highest BCUT2D eigenvalue weighted by molar-refractivity contribution is 5.79. The fourth-order valence-electron chi connectivity index (χ4n) is 1.20. The maximum Gasteiger partial charge on any atom is 0.191 e. The molecule has 3 atom stereocenters. The lowest BCUT2D eigenvalue weighted by atomic mass is 10.2. The number of aliphatic imine (C=N–C) groups is 1. The van der Waals surface area contributed by atoms with Gasteiger partial charge in [0.05, 0.1) is 12.6 Å². The molecule has 10 heavy (non-hydrogen) atoms. The van der Waals surface area contributed by atoms with Crippen LogP contribution in [-0.4, -0.2) is 36.0 Å². The van der Waals surface area contributed by atoms with Crippen molar-refractivity contribution in [1.82, 2.24) is 5.32 Å². The van der Waals surface area contributed by atoms with Crippen LogP contribution in [0.25, 0.3) is 0 Å². The zero-order valence-corrected chi connectivity index (χ0v) is 5.32. The Balaban J connectivity index is 2.24. The highest BCUT2D eigenvalue weighted by Gasteiger charge is 2.39. The minimum Gasteiger partial charge on any atom is -0.386 e. The van der Waals surface area contributed by atoms with Crippen LogP contribution in [0.3, 0.4) is 0 Å². The lowest BCUT2D eigenvalue weighted by Crippen LogP contribution is -2.51. The van der Waals surface area contributed by atoms with Crippen molar-refractivity contribution >= 4 is 5.96 Å². The minimum atomic E-state index is -0.535. The molecule has 0 saturated carbocycles. The van der Waals surface area contributed by atoms with Gasteiger partial charge in [0.15, 0.2) is 12.2 Å². The van der Waals surface area contributed by atoms with E-state index in [1.165, 1.54) is 0 Å². The molecule has 1 fully saturated rings. The Morgan fingerprint density at radius 2 is 2.60 bits per heavy atom. The molecule has 2 aliphatic rings. The molecule has 3 unspecified atom stereocenters. The molecule has 2 aliphatic heterocycles. The molecule has 1 saturated heterocycles. The summed E-state index contributed by atoms with van der Waals surface area (Å²) in [4.78, 5) is 3.83. The maximum absolute atomic E-state index is 9.28. The first-order chi connectivity index (χ1) is 4.77. The summed E-state index contributed by atoms with van der Waals surface area (Å²) in [6.07, 6.45) is -0.974. The first-order valence-electron chi connectivity index (χ1n) is 3.17. The average Bonchev–Trinajstić information content (AvgIpc) is 2.20. The normalized spacial score (nSPS) is 44.5. The van der Waals surface area contributed by atoms with Gasteiger partial charge in [0.2, 0.25) is 0 Å². The number of nitrogens with zero attached hydrogens (tertiary/aromatic N) is 1. The number of rotatable bonds is 0. The van der Waals surface area contributed by atoms with Gasteiger partial charge >= 0.3 is 0 Å². The summed E-state index contributed by atoms with van der Waals surface area (Å²) < 4.78 is 5.08. The van der Waals surface area contributed by atoms with Crippen molar-refractivity contribution in [2.45, 2.75) is 18.4 Å². The molecule has 0 radical (unpaired) electrons. The number of aliphatic hydroxyl groups excluding tert-OH is 1. The molecular weight excluding hydrogens is 134 g/mol. The number of guanidine groups is 1. The molecule has 0 aromatic carbocycles. The lowest BCUT2D eigenvalue weighted by molar-refractivity contribution is 0.0445. The highest BCUT2D eigenvalue weighted by atomic mass is 16.5. The minimum absolute atomic E-state index is 0.0671. The topological polar surface area (TPSA) is 79.9 Å². The van der Waals surface area contributed by atoms with Gasteiger partial charge in [-0.25, -0.2) is 4.99 Å². The van der Waals surface area contributed by atoms with Crippen LogP contribution < -0.4 is 11.1 Å². The summed E-state index contributed by atoms with van der Waals surface area (Å²) >= 11 is 0. The zero-order chi connectivity index (χ0) is 7.14. The van der Waals surface area contributed by atoms with E-state index in [1.54, 1.807) is 0 Å². The van der Waals surface area contributed by atoms with Gasteiger partial charge in [0.1, 0.15) is 6.10 Å². The quantitative estimate of drug-likeness (QED) is 0.366. The van der Waals surface area contributed by atoms with Crippen molar-refractivity contribution < 1.29 is 9.84 Å². The number of aliphatic hydroxyl groups is 1. The molecule has 0 aliphatic carbocycles. The number of nitrogens with two attached hydrogens (primary N) is 1. The standard InChI is InChI=1S/C5H9N3O2/c6-5-7-2-1-10-4(8-5)3(2)9/h2-4,9H,1H2,(H3,6,7,8). The van der Waals surface area contributed by atoms with E-state index in [0.29, 0.717) is 12.6 Å². The molecule has 5 nitrogen and oxygen atoms in total. The number of ether oxygens (including phenoxy) is 1. The van der Waals surface area contributed by atoms with Crippen LogP contribution in [0.2, 0.25) is 0 Å². The number of fused-ring (bicyclic) bond motifs is 2. The van der Waals surface area contributed by atoms with E-state index in [9.17, 15) is 5.11 Å². The van der Waals surface area contributed by atoms with Gasteiger partial charge in [-0.2, -0.15) is 0 Å². The van der Waals surface area contributed by atoms with Gasteiger partial charge in [-0.3, -0.25) is 0 Å². The maximum atomic E-state index is 9.28. The van der Waals surface area contributed by atoms with E-state index >= 15 is 0 Å². The number of hydrogen-bond donors (Lipinski definition) is 3. The first-order valence-corrected chi connectivity index (χ1v) is 3.17. The summed E-state index contributed by atoms with van der Waals surface area (Å²) in [7, 11) is 0. The molecule has 0 amide bonds. The third-order valence-corrected chi connectivity index (χ3v) is 1.75. The highest BCUT2D eigenvalue weighted by Crippen LogP contribution is 2.17. The van der Waals surface area contributed by atoms with E-state index in [4.69, 9.17) is 10.5 Å². The first kappa shape index (κ1) is 5.94. The predicted octanol–water partition coefficient (Wildman–Crippen LogP) is -2.01. The van der Waals surface area contributed by atoms with E-state index in [2.05, 4.69) is 10.3 Å². The van der Waals surface area contributed by atoms with Gasteiger partial charge in [0, 0.05) is 0 Å². The Labute approximate surface area is 57.9 Å². The molecule has 2 rings (SSSR count). The average molecular weight is 143 g/mol. The molecule has 2 heterocycles.